The van der Waals surface area contributed by atoms with Crippen LogP contribution in [-0.4, -0.2) is 160 Å². The van der Waals surface area contributed by atoms with Gasteiger partial charge in [0.25, 0.3) is 0 Å². The lowest BCUT2D eigenvalue weighted by Crippen LogP contribution is -2.62. The lowest BCUT2D eigenvalue weighted by molar-refractivity contribution is -0.143. The summed E-state index contributed by atoms with van der Waals surface area (Å²) in [5.74, 6) is -9.47. The van der Waals surface area contributed by atoms with Crippen LogP contribution in [0.4, 0.5) is 0 Å². The smallest absolute Gasteiger partial charge is 0.328 e. The van der Waals surface area contributed by atoms with Crippen molar-refractivity contribution in [1.29, 1.82) is 5.41 Å². The number of aliphatic hydroxyl groups excluding tert-OH is 4. The Morgan fingerprint density at radius 2 is 1.18 bits per heavy atom. The van der Waals surface area contributed by atoms with Crippen molar-refractivity contribution >= 4 is 53.3 Å². The molecule has 0 aliphatic rings. The number of aliphatic carboxylic acids is 1. The molecule has 0 saturated heterocycles. The molecule has 0 aromatic heterocycles. The van der Waals surface area contributed by atoms with Gasteiger partial charge in [-0.1, -0.05) is 54.9 Å². The maximum absolute atomic E-state index is 14.0. The van der Waals surface area contributed by atoms with Gasteiger partial charge in [-0.2, -0.15) is 0 Å². The quantitative estimate of drug-likeness (QED) is 0.0208. The molecule has 0 unspecified atom stereocenters. The van der Waals surface area contributed by atoms with Gasteiger partial charge in [0.05, 0.1) is 32.0 Å². The van der Waals surface area contributed by atoms with Gasteiger partial charge in [-0.3, -0.25) is 39.0 Å². The Bertz CT molecular complexity index is 1510. The van der Waals surface area contributed by atoms with Crippen LogP contribution in [-0.2, 0) is 38.4 Å². The SMILES string of the molecule is CC[C@H](C)[C@H](NC(=O)[C@@H](CCCNC(=N)N)NC(=O)[C@H](CC(C)(C)C)NC(=O)[C@@H](N)[C@H](O)C(C)C)C(=O)N[C@H](C(=O)NCC(=O)N[C@@H](CO)C(=O)N[C@@H](CO)C(=O)O)[C@H](C)O. The molecule has 0 bridgehead atoms. The van der Waals surface area contributed by atoms with Crippen molar-refractivity contribution in [2.45, 2.75) is 136 Å². The summed E-state index contributed by atoms with van der Waals surface area (Å²) in [5.41, 5.74) is 10.8. The summed E-state index contributed by atoms with van der Waals surface area (Å²) in [6.07, 6.45) is -2.23. The zero-order valence-corrected chi connectivity index (χ0v) is 36.2. The van der Waals surface area contributed by atoms with E-state index in [2.05, 4.69) is 37.2 Å². The fraction of sp³-hybridized carbons (Fsp3) is 0.757. The normalized spacial score (nSPS) is 16.4. The molecule has 0 radical (unpaired) electrons. The van der Waals surface area contributed by atoms with Gasteiger partial charge in [-0.05, 0) is 43.4 Å². The second-order valence-corrected chi connectivity index (χ2v) is 16.3. The zero-order valence-electron chi connectivity index (χ0n) is 36.2. The highest BCUT2D eigenvalue weighted by molar-refractivity contribution is 5.97. The Morgan fingerprint density at radius 3 is 1.66 bits per heavy atom. The first-order chi connectivity index (χ1) is 28.2. The van der Waals surface area contributed by atoms with Crippen LogP contribution in [0.25, 0.3) is 0 Å². The highest BCUT2D eigenvalue weighted by atomic mass is 16.4. The molecular weight excluding hydrogens is 806 g/mol. The number of carbonyl (C=O) groups is 8. The molecule has 0 saturated carbocycles. The lowest BCUT2D eigenvalue weighted by atomic mass is 9.87. The van der Waals surface area contributed by atoms with Gasteiger partial charge in [0, 0.05) is 6.54 Å². The molecule has 0 heterocycles. The predicted molar refractivity (Wildman–Crippen MR) is 220 cm³/mol. The van der Waals surface area contributed by atoms with Gasteiger partial charge in [0.1, 0.15) is 42.3 Å². The molecule has 61 heavy (non-hydrogen) atoms. The van der Waals surface area contributed by atoms with Crippen molar-refractivity contribution in [2.24, 2.45) is 28.7 Å². The van der Waals surface area contributed by atoms with E-state index in [0.29, 0.717) is 6.42 Å². The molecule has 0 rings (SSSR count). The summed E-state index contributed by atoms with van der Waals surface area (Å²) in [4.78, 5) is 104. The second-order valence-electron chi connectivity index (χ2n) is 16.3. The van der Waals surface area contributed by atoms with Crippen LogP contribution in [0.2, 0.25) is 0 Å². The van der Waals surface area contributed by atoms with Crippen LogP contribution >= 0.6 is 0 Å². The number of hydrogen-bond donors (Lipinski definition) is 16. The van der Waals surface area contributed by atoms with E-state index in [0.717, 1.165) is 6.92 Å². The monoisotopic (exact) mass is 876 g/mol. The summed E-state index contributed by atoms with van der Waals surface area (Å²) in [7, 11) is 0. The van der Waals surface area contributed by atoms with E-state index in [9.17, 15) is 53.7 Å². The minimum Gasteiger partial charge on any atom is -0.480 e. The summed E-state index contributed by atoms with van der Waals surface area (Å²) in [6.45, 7) is 10.6. The Balaban J connectivity index is 6.24. The summed E-state index contributed by atoms with van der Waals surface area (Å²) < 4.78 is 0. The van der Waals surface area contributed by atoms with Crippen LogP contribution in [0, 0.1) is 22.7 Å². The summed E-state index contributed by atoms with van der Waals surface area (Å²) in [6, 6.07) is -10.4. The number of carbonyl (C=O) groups excluding carboxylic acids is 7. The molecule has 10 atom stereocenters. The Hall–Kier alpha value is -5.17. The maximum atomic E-state index is 14.0. The van der Waals surface area contributed by atoms with Crippen LogP contribution in [0.3, 0.4) is 0 Å². The van der Waals surface area contributed by atoms with Crippen LogP contribution in [0.1, 0.15) is 81.1 Å². The largest absolute Gasteiger partial charge is 0.480 e. The number of hydrogen-bond acceptors (Lipinski definition) is 14. The number of carboxylic acids is 1. The van der Waals surface area contributed by atoms with E-state index < -0.39 is 133 Å². The first-order valence-electron chi connectivity index (χ1n) is 19.9. The number of nitrogens with one attached hydrogen (secondary N) is 9. The van der Waals surface area contributed by atoms with Crippen LogP contribution in [0.15, 0.2) is 0 Å². The third-order valence-electron chi connectivity index (χ3n) is 9.33. The Kier molecular flexibility index (Phi) is 24.6. The zero-order chi connectivity index (χ0) is 47.4. The van der Waals surface area contributed by atoms with Gasteiger partial charge < -0.3 is 79.5 Å². The number of rotatable bonds is 27. The molecule has 24 heteroatoms. The molecule has 18 N–H and O–H groups in total. The Morgan fingerprint density at radius 1 is 0.672 bits per heavy atom. The van der Waals surface area contributed by atoms with E-state index in [-0.39, 0.29) is 37.7 Å². The average molecular weight is 876 g/mol. The van der Waals surface area contributed by atoms with Gasteiger partial charge in [-0.25, -0.2) is 4.79 Å². The molecule has 0 aromatic rings. The number of amides is 7. The van der Waals surface area contributed by atoms with Crippen molar-refractivity contribution in [3.05, 3.63) is 0 Å². The van der Waals surface area contributed by atoms with Gasteiger partial charge in [-0.15, -0.1) is 0 Å². The fourth-order valence-corrected chi connectivity index (χ4v) is 5.51. The topological polar surface area (TPSA) is 410 Å². The summed E-state index contributed by atoms with van der Waals surface area (Å²) >= 11 is 0. The number of aliphatic hydroxyl groups is 4. The van der Waals surface area contributed by atoms with Gasteiger partial charge in [0.15, 0.2) is 5.96 Å². The third kappa shape index (κ3) is 20.8. The lowest BCUT2D eigenvalue weighted by Gasteiger charge is -2.31. The molecule has 0 aliphatic carbocycles. The minimum absolute atomic E-state index is 0.0460. The molecule has 0 fully saturated rings. The van der Waals surface area contributed by atoms with Crippen molar-refractivity contribution in [3.63, 3.8) is 0 Å². The van der Waals surface area contributed by atoms with Gasteiger partial charge in [0.2, 0.25) is 41.4 Å². The first kappa shape index (κ1) is 55.8. The molecule has 0 aromatic carbocycles. The van der Waals surface area contributed by atoms with Crippen molar-refractivity contribution in [1.82, 2.24) is 42.5 Å². The first-order valence-corrected chi connectivity index (χ1v) is 19.9. The molecule has 350 valence electrons. The number of guanidine groups is 1. The van der Waals surface area contributed by atoms with E-state index in [1.54, 1.807) is 27.7 Å². The number of carboxylic acid groups (broad SMARTS) is 1. The van der Waals surface area contributed by atoms with Crippen molar-refractivity contribution in [3.8, 4) is 0 Å². The maximum Gasteiger partial charge on any atom is 0.328 e. The third-order valence-corrected chi connectivity index (χ3v) is 9.33. The Labute approximate surface area is 355 Å². The molecule has 0 aliphatic heterocycles. The van der Waals surface area contributed by atoms with E-state index in [1.165, 1.54) is 0 Å². The van der Waals surface area contributed by atoms with E-state index >= 15 is 0 Å². The minimum atomic E-state index is -1.72. The standard InChI is InChI=1S/C37H69N11O13/c1-9-18(4)26(34(59)48-27(19(5)51)33(58)42-14-24(52)43-22(15-49)31(56)46-23(16-50)35(60)61)47-29(54)20(11-10-12-41-36(39)40)44-30(55)21(13-37(6,7)8)45-32(57)25(38)28(53)17(2)3/h17-23,25-28,49-51,53H,9-16,38H2,1-8H3,(H,42,58)(H,43,52)(H,44,55)(H,45,57)(H,46,56)(H,47,54)(H,48,59)(H,60,61)(H4,39,40,41)/t18-,19-,20+,21-,22-,23-,25-,26-,27-,28+/m0/s1. The molecule has 24 nitrogen and oxygen atoms in total. The van der Waals surface area contributed by atoms with Gasteiger partial charge >= 0.3 is 5.97 Å². The molecule has 0 spiro atoms. The van der Waals surface area contributed by atoms with E-state index in [1.807, 2.05) is 26.1 Å². The molecular formula is C37H69N11O13. The number of nitrogens with two attached hydrogens (primary N) is 2. The van der Waals surface area contributed by atoms with Crippen LogP contribution in [0.5, 0.6) is 0 Å². The average Bonchev–Trinajstić information content (AvgIpc) is 3.17. The van der Waals surface area contributed by atoms with Crippen molar-refractivity contribution < 1.29 is 63.9 Å². The second kappa shape index (κ2) is 26.9. The highest BCUT2D eigenvalue weighted by Gasteiger charge is 2.36. The predicted octanol–water partition coefficient (Wildman–Crippen LogP) is -5.45. The fourth-order valence-electron chi connectivity index (χ4n) is 5.51. The summed E-state index contributed by atoms with van der Waals surface area (Å²) in [5, 5.41) is 74.9. The highest BCUT2D eigenvalue weighted by Crippen LogP contribution is 2.21. The molecule has 7 amide bonds. The van der Waals surface area contributed by atoms with Crippen molar-refractivity contribution in [2.75, 3.05) is 26.3 Å². The van der Waals surface area contributed by atoms with E-state index in [4.69, 9.17) is 27.1 Å². The van der Waals surface area contributed by atoms with Crippen LogP contribution < -0.4 is 54.0 Å².